The second kappa shape index (κ2) is 8.63. The SMILES string of the molecule is Cc1cc(Cl)ccc1NC(=S)NCCSc1ccc(Cl)cc1. The van der Waals surface area contributed by atoms with Crippen molar-refractivity contribution < 1.29 is 0 Å². The van der Waals surface area contributed by atoms with E-state index in [4.69, 9.17) is 35.4 Å². The molecular formula is C16H16Cl2N2S2. The number of thiocarbonyl (C=S) groups is 1. The van der Waals surface area contributed by atoms with E-state index in [0.29, 0.717) is 5.11 Å². The predicted octanol–water partition coefficient (Wildman–Crippen LogP) is 5.38. The first-order chi connectivity index (χ1) is 10.5. The normalized spacial score (nSPS) is 10.3. The molecule has 2 N–H and O–H groups in total. The highest BCUT2D eigenvalue weighted by Crippen LogP contribution is 2.20. The number of anilines is 1. The second-order valence-corrected chi connectivity index (χ2v) is 7.09. The van der Waals surface area contributed by atoms with Crippen LogP contribution >= 0.6 is 47.2 Å². The first kappa shape index (κ1) is 17.4. The maximum atomic E-state index is 5.94. The summed E-state index contributed by atoms with van der Waals surface area (Å²) in [7, 11) is 0. The van der Waals surface area contributed by atoms with Gasteiger partial charge in [0.25, 0.3) is 0 Å². The number of rotatable bonds is 5. The lowest BCUT2D eigenvalue weighted by Gasteiger charge is -2.12. The number of thioether (sulfide) groups is 1. The zero-order chi connectivity index (χ0) is 15.9. The van der Waals surface area contributed by atoms with Crippen molar-refractivity contribution >= 4 is 58.0 Å². The zero-order valence-electron chi connectivity index (χ0n) is 12.0. The van der Waals surface area contributed by atoms with Crippen molar-refractivity contribution in [1.29, 1.82) is 0 Å². The standard InChI is InChI=1S/C16H16Cl2N2S2/c1-11-10-13(18)4-7-15(11)20-16(21)19-8-9-22-14-5-2-12(17)3-6-14/h2-7,10H,8-9H2,1H3,(H2,19,20,21). The highest BCUT2D eigenvalue weighted by molar-refractivity contribution is 7.99. The van der Waals surface area contributed by atoms with Gasteiger partial charge in [-0.25, -0.2) is 0 Å². The van der Waals surface area contributed by atoms with Gasteiger partial charge in [-0.2, -0.15) is 0 Å². The molecule has 0 aromatic heterocycles. The Balaban J connectivity index is 1.72. The third kappa shape index (κ3) is 5.69. The zero-order valence-corrected chi connectivity index (χ0v) is 15.2. The number of aryl methyl sites for hydroxylation is 1. The molecule has 0 radical (unpaired) electrons. The minimum atomic E-state index is 0.613. The van der Waals surface area contributed by atoms with Gasteiger partial charge in [-0.05, 0) is 67.2 Å². The van der Waals surface area contributed by atoms with E-state index < -0.39 is 0 Å². The molecular weight excluding hydrogens is 355 g/mol. The lowest BCUT2D eigenvalue weighted by Crippen LogP contribution is -2.30. The lowest BCUT2D eigenvalue weighted by atomic mass is 10.2. The molecule has 0 heterocycles. The molecule has 0 spiro atoms. The van der Waals surface area contributed by atoms with Crippen LogP contribution in [0.25, 0.3) is 0 Å². The Bertz CT molecular complexity index is 645. The molecule has 0 fully saturated rings. The van der Waals surface area contributed by atoms with Crippen LogP contribution in [0.15, 0.2) is 47.4 Å². The van der Waals surface area contributed by atoms with Crippen LogP contribution in [0.1, 0.15) is 5.56 Å². The Labute approximate surface area is 150 Å². The molecule has 2 aromatic rings. The summed E-state index contributed by atoms with van der Waals surface area (Å²) in [4.78, 5) is 1.19. The van der Waals surface area contributed by atoms with Gasteiger partial charge in [0.15, 0.2) is 5.11 Å². The minimum Gasteiger partial charge on any atom is -0.362 e. The van der Waals surface area contributed by atoms with Gasteiger partial charge >= 0.3 is 0 Å². The molecule has 0 amide bonds. The molecule has 0 aliphatic rings. The van der Waals surface area contributed by atoms with Gasteiger partial charge in [-0.1, -0.05) is 23.2 Å². The average Bonchev–Trinajstić information content (AvgIpc) is 2.48. The molecule has 116 valence electrons. The van der Waals surface area contributed by atoms with Crippen LogP contribution in [-0.4, -0.2) is 17.4 Å². The van der Waals surface area contributed by atoms with Crippen LogP contribution < -0.4 is 10.6 Å². The highest BCUT2D eigenvalue weighted by atomic mass is 35.5. The van der Waals surface area contributed by atoms with Crippen LogP contribution in [-0.2, 0) is 0 Å². The lowest BCUT2D eigenvalue weighted by molar-refractivity contribution is 0.989. The topological polar surface area (TPSA) is 24.1 Å². The van der Waals surface area contributed by atoms with Crippen LogP contribution in [0.4, 0.5) is 5.69 Å². The highest BCUT2D eigenvalue weighted by Gasteiger charge is 2.02. The Morgan fingerprint density at radius 2 is 1.77 bits per heavy atom. The fraction of sp³-hybridized carbons (Fsp3) is 0.188. The van der Waals surface area contributed by atoms with E-state index in [9.17, 15) is 0 Å². The van der Waals surface area contributed by atoms with Gasteiger partial charge in [-0.3, -0.25) is 0 Å². The second-order valence-electron chi connectivity index (χ2n) is 4.64. The summed E-state index contributed by atoms with van der Waals surface area (Å²) < 4.78 is 0. The summed E-state index contributed by atoms with van der Waals surface area (Å²) in [5.74, 6) is 0.920. The molecule has 6 heteroatoms. The fourth-order valence-electron chi connectivity index (χ4n) is 1.80. The van der Waals surface area contributed by atoms with Gasteiger partial charge in [0.2, 0.25) is 0 Å². The Morgan fingerprint density at radius 1 is 1.09 bits per heavy atom. The van der Waals surface area contributed by atoms with Crippen LogP contribution in [0.5, 0.6) is 0 Å². The summed E-state index contributed by atoms with van der Waals surface area (Å²) in [6.07, 6.45) is 0. The first-order valence-electron chi connectivity index (χ1n) is 6.74. The van der Waals surface area contributed by atoms with Crippen LogP contribution in [0, 0.1) is 6.92 Å². The maximum absolute atomic E-state index is 5.94. The fourth-order valence-corrected chi connectivity index (χ4v) is 3.13. The van der Waals surface area contributed by atoms with E-state index in [1.165, 1.54) is 4.90 Å². The van der Waals surface area contributed by atoms with Crippen molar-refractivity contribution in [3.05, 3.63) is 58.1 Å². The summed E-state index contributed by atoms with van der Waals surface area (Å²) in [5.41, 5.74) is 2.03. The van der Waals surface area contributed by atoms with Crippen molar-refractivity contribution in [3.63, 3.8) is 0 Å². The summed E-state index contributed by atoms with van der Waals surface area (Å²) in [5, 5.41) is 8.47. The number of hydrogen-bond donors (Lipinski definition) is 2. The molecule has 0 saturated carbocycles. The van der Waals surface area contributed by atoms with E-state index in [1.807, 2.05) is 49.4 Å². The first-order valence-corrected chi connectivity index (χ1v) is 8.89. The molecule has 22 heavy (non-hydrogen) atoms. The smallest absolute Gasteiger partial charge is 0.170 e. The predicted molar refractivity (Wildman–Crippen MR) is 103 cm³/mol. The number of hydrogen-bond acceptors (Lipinski definition) is 2. The third-order valence-corrected chi connectivity index (χ3v) is 4.65. The van der Waals surface area contributed by atoms with Gasteiger partial charge < -0.3 is 10.6 Å². The molecule has 0 unspecified atom stereocenters. The van der Waals surface area contributed by atoms with Gasteiger partial charge in [0, 0.05) is 32.9 Å². The minimum absolute atomic E-state index is 0.613. The van der Waals surface area contributed by atoms with Crippen LogP contribution in [0.3, 0.4) is 0 Å². The van der Waals surface area contributed by atoms with E-state index in [1.54, 1.807) is 11.8 Å². The molecule has 2 nitrogen and oxygen atoms in total. The number of halogens is 2. The van der Waals surface area contributed by atoms with Gasteiger partial charge in [-0.15, -0.1) is 11.8 Å². The molecule has 2 rings (SSSR count). The van der Waals surface area contributed by atoms with Crippen LogP contribution in [0.2, 0.25) is 10.0 Å². The average molecular weight is 371 g/mol. The van der Waals surface area contributed by atoms with Crippen molar-refractivity contribution in [1.82, 2.24) is 5.32 Å². The molecule has 0 atom stereocenters. The van der Waals surface area contributed by atoms with Crippen molar-refractivity contribution in [2.24, 2.45) is 0 Å². The molecule has 2 aromatic carbocycles. The quantitative estimate of drug-likeness (QED) is 0.419. The number of nitrogens with one attached hydrogen (secondary N) is 2. The summed E-state index contributed by atoms with van der Waals surface area (Å²) in [6.45, 7) is 2.78. The van der Waals surface area contributed by atoms with Crippen molar-refractivity contribution in [3.8, 4) is 0 Å². The summed E-state index contributed by atoms with van der Waals surface area (Å²) >= 11 is 18.8. The monoisotopic (exact) mass is 370 g/mol. The summed E-state index contributed by atoms with van der Waals surface area (Å²) in [6, 6.07) is 13.5. The Kier molecular flexibility index (Phi) is 6.83. The number of benzene rings is 2. The van der Waals surface area contributed by atoms with Crippen molar-refractivity contribution in [2.75, 3.05) is 17.6 Å². The molecule has 0 bridgehead atoms. The third-order valence-electron chi connectivity index (χ3n) is 2.91. The van der Waals surface area contributed by atoms with E-state index in [2.05, 4.69) is 10.6 Å². The van der Waals surface area contributed by atoms with E-state index >= 15 is 0 Å². The molecule has 0 aliphatic heterocycles. The Hall–Kier alpha value is -0.940. The van der Waals surface area contributed by atoms with E-state index in [0.717, 1.165) is 33.6 Å². The molecule has 0 saturated heterocycles. The Morgan fingerprint density at radius 3 is 2.45 bits per heavy atom. The van der Waals surface area contributed by atoms with Crippen molar-refractivity contribution in [2.45, 2.75) is 11.8 Å². The van der Waals surface area contributed by atoms with E-state index in [-0.39, 0.29) is 0 Å². The van der Waals surface area contributed by atoms with Gasteiger partial charge in [0.1, 0.15) is 0 Å². The largest absolute Gasteiger partial charge is 0.362 e. The van der Waals surface area contributed by atoms with Gasteiger partial charge in [0.05, 0.1) is 0 Å². The maximum Gasteiger partial charge on any atom is 0.170 e. The molecule has 0 aliphatic carbocycles.